The van der Waals surface area contributed by atoms with Crippen LogP contribution in [0.1, 0.15) is 45.1 Å². The molecule has 0 aliphatic carbocycles. The molecule has 0 atom stereocenters. The van der Waals surface area contributed by atoms with Crippen molar-refractivity contribution in [3.8, 4) is 12.3 Å². The van der Waals surface area contributed by atoms with Gasteiger partial charge < -0.3 is 9.47 Å². The van der Waals surface area contributed by atoms with Crippen molar-refractivity contribution in [3.05, 3.63) is 35.9 Å². The molecule has 0 spiro atoms. The summed E-state index contributed by atoms with van der Waals surface area (Å²) in [6.07, 6.45) is 7.87. The highest BCUT2D eigenvalue weighted by molar-refractivity contribution is 5.85. The summed E-state index contributed by atoms with van der Waals surface area (Å²) in [5.41, 5.74) is 0.119. The standard InChI is InChI=1S/C19H24O3/c1-4-5-7-13-17(20)18(2,3)19(21-14-10-15-22-19)16-11-8-6-9-12-16/h1,6,8-9,11-12H,5,7,10,13-15H2,2-3H3. The number of carbonyl (C=O) groups excluding carboxylic acids is 1. The van der Waals surface area contributed by atoms with Gasteiger partial charge in [0.25, 0.3) is 0 Å². The molecular weight excluding hydrogens is 276 g/mol. The minimum atomic E-state index is -1.01. The van der Waals surface area contributed by atoms with Crippen LogP contribution in [-0.4, -0.2) is 19.0 Å². The lowest BCUT2D eigenvalue weighted by molar-refractivity contribution is -0.319. The number of benzene rings is 1. The monoisotopic (exact) mass is 300 g/mol. The Bertz CT molecular complexity index is 534. The van der Waals surface area contributed by atoms with Crippen molar-refractivity contribution < 1.29 is 14.3 Å². The van der Waals surface area contributed by atoms with Gasteiger partial charge in [0.05, 0.1) is 18.6 Å². The highest BCUT2D eigenvalue weighted by Gasteiger charge is 2.54. The molecule has 3 heteroatoms. The number of unbranched alkanes of at least 4 members (excludes halogenated alkanes) is 1. The van der Waals surface area contributed by atoms with Gasteiger partial charge in [0.2, 0.25) is 5.79 Å². The lowest BCUT2D eigenvalue weighted by Crippen LogP contribution is -2.53. The first-order valence-electron chi connectivity index (χ1n) is 7.85. The van der Waals surface area contributed by atoms with Crippen molar-refractivity contribution >= 4 is 5.78 Å². The molecule has 118 valence electrons. The minimum Gasteiger partial charge on any atom is -0.345 e. The van der Waals surface area contributed by atoms with Crippen molar-refractivity contribution in [1.82, 2.24) is 0 Å². The first-order chi connectivity index (χ1) is 10.5. The van der Waals surface area contributed by atoms with E-state index in [1.807, 2.05) is 44.2 Å². The van der Waals surface area contributed by atoms with Crippen molar-refractivity contribution in [2.75, 3.05) is 13.2 Å². The Hall–Kier alpha value is -1.63. The Balaban J connectivity index is 2.32. The summed E-state index contributed by atoms with van der Waals surface area (Å²) in [5.74, 6) is 1.69. The number of hydrogen-bond acceptors (Lipinski definition) is 3. The maximum Gasteiger partial charge on any atom is 0.207 e. The maximum absolute atomic E-state index is 12.8. The summed E-state index contributed by atoms with van der Waals surface area (Å²) < 4.78 is 12.1. The van der Waals surface area contributed by atoms with Gasteiger partial charge >= 0.3 is 0 Å². The van der Waals surface area contributed by atoms with Gasteiger partial charge in [0.1, 0.15) is 5.78 Å². The normalized spacial score (nSPS) is 17.7. The van der Waals surface area contributed by atoms with E-state index in [4.69, 9.17) is 15.9 Å². The predicted molar refractivity (Wildman–Crippen MR) is 86.1 cm³/mol. The number of Topliss-reactive ketones (excluding diaryl/α,β-unsaturated/α-hetero) is 1. The summed E-state index contributed by atoms with van der Waals surface area (Å²) in [6.45, 7) is 5.00. The van der Waals surface area contributed by atoms with Gasteiger partial charge in [-0.15, -0.1) is 12.3 Å². The highest BCUT2D eigenvalue weighted by Crippen LogP contribution is 2.47. The second-order valence-electron chi connectivity index (χ2n) is 6.14. The van der Waals surface area contributed by atoms with Gasteiger partial charge in [0.15, 0.2) is 0 Å². The zero-order valence-electron chi connectivity index (χ0n) is 13.4. The topological polar surface area (TPSA) is 35.5 Å². The van der Waals surface area contributed by atoms with Crippen molar-refractivity contribution in [2.24, 2.45) is 5.41 Å². The lowest BCUT2D eigenvalue weighted by atomic mass is 9.73. The van der Waals surface area contributed by atoms with Crippen LogP contribution >= 0.6 is 0 Å². The average Bonchev–Trinajstić information content (AvgIpc) is 2.56. The summed E-state index contributed by atoms with van der Waals surface area (Å²) in [6, 6.07) is 9.75. The fourth-order valence-electron chi connectivity index (χ4n) is 2.93. The van der Waals surface area contributed by atoms with Gasteiger partial charge in [-0.1, -0.05) is 30.3 Å². The second kappa shape index (κ2) is 7.09. The van der Waals surface area contributed by atoms with Crippen LogP contribution in [0.15, 0.2) is 30.3 Å². The number of hydrogen-bond donors (Lipinski definition) is 0. The van der Waals surface area contributed by atoms with E-state index in [9.17, 15) is 4.79 Å². The number of ether oxygens (including phenoxy) is 2. The van der Waals surface area contributed by atoms with Crippen LogP contribution < -0.4 is 0 Å². The van der Waals surface area contributed by atoms with E-state index in [1.54, 1.807) is 0 Å². The van der Waals surface area contributed by atoms with E-state index in [0.717, 1.165) is 12.0 Å². The molecule has 3 nitrogen and oxygen atoms in total. The Labute approximate surface area is 133 Å². The molecule has 1 saturated heterocycles. The lowest BCUT2D eigenvalue weighted by Gasteiger charge is -2.47. The molecule has 22 heavy (non-hydrogen) atoms. The van der Waals surface area contributed by atoms with Crippen LogP contribution in [0.2, 0.25) is 0 Å². The quantitative estimate of drug-likeness (QED) is 0.594. The fraction of sp³-hybridized carbons (Fsp3) is 0.526. The van der Waals surface area contributed by atoms with E-state index in [1.165, 1.54) is 0 Å². The van der Waals surface area contributed by atoms with E-state index < -0.39 is 11.2 Å². The summed E-state index contributed by atoms with van der Waals surface area (Å²) in [5, 5.41) is 0. The Morgan fingerprint density at radius 3 is 2.50 bits per heavy atom. The van der Waals surface area contributed by atoms with Crippen LogP contribution in [0.5, 0.6) is 0 Å². The summed E-state index contributed by atoms with van der Waals surface area (Å²) >= 11 is 0. The Kier molecular flexibility index (Phi) is 5.39. The SMILES string of the molecule is C#CCCCC(=O)C(C)(C)C1(c2ccccc2)OCCCO1. The molecule has 1 fully saturated rings. The van der Waals surface area contributed by atoms with Gasteiger partial charge in [-0.05, 0) is 26.7 Å². The van der Waals surface area contributed by atoms with Crippen LogP contribution in [0.4, 0.5) is 0 Å². The third-order valence-electron chi connectivity index (χ3n) is 4.30. The third-order valence-corrected chi connectivity index (χ3v) is 4.30. The first kappa shape index (κ1) is 16.7. The molecule has 0 radical (unpaired) electrons. The average molecular weight is 300 g/mol. The van der Waals surface area contributed by atoms with Gasteiger partial charge in [-0.25, -0.2) is 0 Å². The molecule has 1 heterocycles. The number of ketones is 1. The van der Waals surface area contributed by atoms with Crippen LogP contribution in [0, 0.1) is 17.8 Å². The van der Waals surface area contributed by atoms with E-state index in [2.05, 4.69) is 5.92 Å². The van der Waals surface area contributed by atoms with Crippen LogP contribution in [-0.2, 0) is 20.1 Å². The zero-order valence-corrected chi connectivity index (χ0v) is 13.4. The third kappa shape index (κ3) is 3.09. The molecule has 1 aliphatic heterocycles. The molecule has 0 saturated carbocycles. The zero-order chi connectivity index (χ0) is 16.1. The van der Waals surface area contributed by atoms with E-state index >= 15 is 0 Å². The molecule has 0 N–H and O–H groups in total. The highest BCUT2D eigenvalue weighted by atomic mass is 16.7. The van der Waals surface area contributed by atoms with Gasteiger partial charge in [0, 0.05) is 18.4 Å². The molecule has 1 aromatic rings. The molecule has 0 aromatic heterocycles. The number of carbonyl (C=O) groups is 1. The van der Waals surface area contributed by atoms with E-state index in [-0.39, 0.29) is 5.78 Å². The van der Waals surface area contributed by atoms with Gasteiger partial charge in [-0.2, -0.15) is 0 Å². The molecule has 2 rings (SSSR count). The molecule has 1 aromatic carbocycles. The minimum absolute atomic E-state index is 0.119. The summed E-state index contributed by atoms with van der Waals surface area (Å²) in [7, 11) is 0. The second-order valence-corrected chi connectivity index (χ2v) is 6.14. The summed E-state index contributed by atoms with van der Waals surface area (Å²) in [4.78, 5) is 12.8. The van der Waals surface area contributed by atoms with Crippen molar-refractivity contribution in [1.29, 1.82) is 0 Å². The van der Waals surface area contributed by atoms with Crippen molar-refractivity contribution in [2.45, 2.75) is 45.3 Å². The van der Waals surface area contributed by atoms with Gasteiger partial charge in [-0.3, -0.25) is 4.79 Å². The molecule has 0 bridgehead atoms. The fourth-order valence-corrected chi connectivity index (χ4v) is 2.93. The first-order valence-corrected chi connectivity index (χ1v) is 7.85. The number of terminal acetylenes is 1. The predicted octanol–water partition coefficient (Wildman–Crippen LogP) is 3.68. The smallest absolute Gasteiger partial charge is 0.207 e. The van der Waals surface area contributed by atoms with E-state index in [0.29, 0.717) is 32.5 Å². The van der Waals surface area contributed by atoms with Crippen molar-refractivity contribution in [3.63, 3.8) is 0 Å². The largest absolute Gasteiger partial charge is 0.345 e. The maximum atomic E-state index is 12.8. The van der Waals surface area contributed by atoms with Crippen LogP contribution in [0.25, 0.3) is 0 Å². The molecule has 1 aliphatic rings. The number of rotatable bonds is 6. The molecule has 0 unspecified atom stereocenters. The Morgan fingerprint density at radius 1 is 1.27 bits per heavy atom. The molecular formula is C19H24O3. The Morgan fingerprint density at radius 2 is 1.91 bits per heavy atom. The molecule has 0 amide bonds. The van der Waals surface area contributed by atoms with Crippen LogP contribution in [0.3, 0.4) is 0 Å².